The van der Waals surface area contributed by atoms with Crippen molar-refractivity contribution in [2.75, 3.05) is 0 Å². The molecule has 1 unspecified atom stereocenters. The summed E-state index contributed by atoms with van der Waals surface area (Å²) in [6.07, 6.45) is -1.06. The second kappa shape index (κ2) is 6.37. The first-order valence-electron chi connectivity index (χ1n) is 7.70. The van der Waals surface area contributed by atoms with E-state index in [1.165, 1.54) is 0 Å². The molecule has 0 saturated carbocycles. The highest BCUT2D eigenvalue weighted by Gasteiger charge is 2.40. The number of hydrogen-bond acceptors (Lipinski definition) is 2. The summed E-state index contributed by atoms with van der Waals surface area (Å²) >= 11 is 0. The van der Waals surface area contributed by atoms with E-state index in [1.54, 1.807) is 0 Å². The van der Waals surface area contributed by atoms with Gasteiger partial charge < -0.3 is 10.2 Å². The van der Waals surface area contributed by atoms with Crippen LogP contribution in [-0.4, -0.2) is 10.2 Å². The number of hydrogen-bond donors (Lipinski definition) is 2. The van der Waals surface area contributed by atoms with Gasteiger partial charge in [-0.2, -0.15) is 0 Å². The van der Waals surface area contributed by atoms with Crippen molar-refractivity contribution in [3.63, 3.8) is 0 Å². The van der Waals surface area contributed by atoms with E-state index in [0.717, 1.165) is 5.56 Å². The number of aliphatic hydroxyl groups is 2. The van der Waals surface area contributed by atoms with Crippen molar-refractivity contribution < 1.29 is 10.2 Å². The molecular weight excluding hydrogens is 284 g/mol. The van der Waals surface area contributed by atoms with Gasteiger partial charge >= 0.3 is 0 Å². The monoisotopic (exact) mass is 304 g/mol. The van der Waals surface area contributed by atoms with Crippen LogP contribution in [0.1, 0.15) is 28.4 Å². The molecule has 0 spiro atoms. The maximum Gasteiger partial charge on any atom is 0.145 e. The van der Waals surface area contributed by atoms with Gasteiger partial charge in [-0.1, -0.05) is 90.5 Å². The highest BCUT2D eigenvalue weighted by atomic mass is 16.3. The molecule has 0 radical (unpaired) electrons. The molecule has 0 heterocycles. The molecular formula is C21H20O2. The van der Waals surface area contributed by atoms with Gasteiger partial charge in [-0.25, -0.2) is 0 Å². The maximum atomic E-state index is 11.5. The summed E-state index contributed by atoms with van der Waals surface area (Å²) in [5, 5.41) is 22.5. The van der Waals surface area contributed by atoms with Gasteiger partial charge in [-0.05, 0) is 23.6 Å². The normalized spacial score (nSPS) is 12.8. The molecule has 1 atom stereocenters. The topological polar surface area (TPSA) is 40.5 Å². The van der Waals surface area contributed by atoms with E-state index in [4.69, 9.17) is 0 Å². The summed E-state index contributed by atoms with van der Waals surface area (Å²) in [4.78, 5) is 0. The Kier molecular flexibility index (Phi) is 4.28. The molecule has 0 saturated heterocycles. The lowest BCUT2D eigenvalue weighted by Crippen LogP contribution is -2.35. The van der Waals surface area contributed by atoms with E-state index in [2.05, 4.69) is 0 Å². The fraction of sp³-hybridized carbons (Fsp3) is 0.143. The van der Waals surface area contributed by atoms with Gasteiger partial charge in [-0.15, -0.1) is 0 Å². The molecule has 0 aromatic heterocycles. The van der Waals surface area contributed by atoms with Crippen molar-refractivity contribution in [3.05, 3.63) is 107 Å². The minimum Gasteiger partial charge on any atom is -0.385 e. The van der Waals surface area contributed by atoms with Crippen molar-refractivity contribution in [1.29, 1.82) is 0 Å². The third-order valence-electron chi connectivity index (χ3n) is 4.22. The molecule has 2 N–H and O–H groups in total. The Morgan fingerprint density at radius 1 is 0.696 bits per heavy atom. The summed E-state index contributed by atoms with van der Waals surface area (Å²) < 4.78 is 0. The third kappa shape index (κ3) is 2.91. The van der Waals surface area contributed by atoms with E-state index >= 15 is 0 Å². The zero-order valence-electron chi connectivity index (χ0n) is 13.1. The van der Waals surface area contributed by atoms with Crippen LogP contribution in [0.15, 0.2) is 84.9 Å². The largest absolute Gasteiger partial charge is 0.385 e. The molecule has 2 heteroatoms. The van der Waals surface area contributed by atoms with Crippen LogP contribution in [0, 0.1) is 6.92 Å². The van der Waals surface area contributed by atoms with E-state index in [-0.39, 0.29) is 0 Å². The Hall–Kier alpha value is -2.42. The smallest absolute Gasteiger partial charge is 0.145 e. The van der Waals surface area contributed by atoms with Crippen LogP contribution >= 0.6 is 0 Å². The molecule has 2 nitrogen and oxygen atoms in total. The van der Waals surface area contributed by atoms with Gasteiger partial charge in [0, 0.05) is 0 Å². The van der Waals surface area contributed by atoms with E-state index in [9.17, 15) is 10.2 Å². The fourth-order valence-corrected chi connectivity index (χ4v) is 2.86. The van der Waals surface area contributed by atoms with Gasteiger partial charge in [0.2, 0.25) is 0 Å². The lowest BCUT2D eigenvalue weighted by atomic mass is 9.79. The van der Waals surface area contributed by atoms with Gasteiger partial charge in [0.1, 0.15) is 11.7 Å². The quantitative estimate of drug-likeness (QED) is 0.766. The Morgan fingerprint density at radius 3 is 1.57 bits per heavy atom. The van der Waals surface area contributed by atoms with Crippen molar-refractivity contribution in [2.24, 2.45) is 0 Å². The van der Waals surface area contributed by atoms with Crippen LogP contribution in [0.5, 0.6) is 0 Å². The molecule has 0 bridgehead atoms. The van der Waals surface area contributed by atoms with Crippen molar-refractivity contribution >= 4 is 0 Å². The maximum absolute atomic E-state index is 11.5. The van der Waals surface area contributed by atoms with Crippen molar-refractivity contribution in [2.45, 2.75) is 18.6 Å². The Bertz CT molecular complexity index is 709. The third-order valence-corrected chi connectivity index (χ3v) is 4.22. The average molecular weight is 304 g/mol. The first kappa shape index (κ1) is 15.5. The number of benzene rings is 3. The summed E-state index contributed by atoms with van der Waals surface area (Å²) in [5.41, 5.74) is 1.63. The molecule has 0 amide bonds. The van der Waals surface area contributed by atoms with Crippen LogP contribution in [0.3, 0.4) is 0 Å². The molecule has 0 aliphatic heterocycles. The molecule has 3 rings (SSSR count). The lowest BCUT2D eigenvalue weighted by Gasteiger charge is -2.34. The molecule has 116 valence electrons. The predicted octanol–water partition coefficient (Wildman–Crippen LogP) is 3.96. The second-order valence-electron chi connectivity index (χ2n) is 5.81. The molecule has 0 aliphatic rings. The van der Waals surface area contributed by atoms with Gasteiger partial charge in [0.05, 0.1) is 0 Å². The van der Waals surface area contributed by atoms with E-state index in [1.807, 2.05) is 91.9 Å². The fourth-order valence-electron chi connectivity index (χ4n) is 2.86. The standard InChI is InChI=1S/C21H20O2/c1-16-12-14-17(15-13-16)20(22)21(23,18-8-4-2-5-9-18)19-10-6-3-7-11-19/h2-15,20,22-23H,1H3. The van der Waals surface area contributed by atoms with Crippen LogP contribution < -0.4 is 0 Å². The predicted molar refractivity (Wildman–Crippen MR) is 92.0 cm³/mol. The highest BCUT2D eigenvalue weighted by Crippen LogP contribution is 2.40. The minimum atomic E-state index is -1.50. The van der Waals surface area contributed by atoms with Crippen LogP contribution in [0.2, 0.25) is 0 Å². The van der Waals surface area contributed by atoms with E-state index in [0.29, 0.717) is 16.7 Å². The van der Waals surface area contributed by atoms with Gasteiger partial charge in [-0.3, -0.25) is 0 Å². The van der Waals surface area contributed by atoms with Crippen LogP contribution in [-0.2, 0) is 5.60 Å². The molecule has 3 aromatic rings. The molecule has 3 aromatic carbocycles. The first-order chi connectivity index (χ1) is 11.1. The SMILES string of the molecule is Cc1ccc(C(O)C(O)(c2ccccc2)c2ccccc2)cc1. The van der Waals surface area contributed by atoms with E-state index < -0.39 is 11.7 Å². The van der Waals surface area contributed by atoms with Crippen molar-refractivity contribution in [3.8, 4) is 0 Å². The molecule has 0 aliphatic carbocycles. The van der Waals surface area contributed by atoms with Crippen LogP contribution in [0.25, 0.3) is 0 Å². The first-order valence-corrected chi connectivity index (χ1v) is 7.70. The second-order valence-corrected chi connectivity index (χ2v) is 5.81. The van der Waals surface area contributed by atoms with Gasteiger partial charge in [0.25, 0.3) is 0 Å². The summed E-state index contributed by atoms with van der Waals surface area (Å²) in [6.45, 7) is 2.00. The number of aliphatic hydroxyl groups excluding tert-OH is 1. The average Bonchev–Trinajstić information content (AvgIpc) is 2.62. The summed E-state index contributed by atoms with van der Waals surface area (Å²) in [7, 11) is 0. The lowest BCUT2D eigenvalue weighted by molar-refractivity contribution is -0.0517. The number of aryl methyl sites for hydroxylation is 1. The Labute approximate surface area is 136 Å². The number of rotatable bonds is 4. The van der Waals surface area contributed by atoms with Gasteiger partial charge in [0.15, 0.2) is 0 Å². The Balaban J connectivity index is 2.14. The minimum absolute atomic E-state index is 0.666. The summed E-state index contributed by atoms with van der Waals surface area (Å²) in [6, 6.07) is 26.2. The van der Waals surface area contributed by atoms with Crippen molar-refractivity contribution in [1.82, 2.24) is 0 Å². The summed E-state index contributed by atoms with van der Waals surface area (Å²) in [5.74, 6) is 0. The zero-order valence-corrected chi connectivity index (χ0v) is 13.1. The highest BCUT2D eigenvalue weighted by molar-refractivity contribution is 5.40. The Morgan fingerprint density at radius 2 is 1.13 bits per heavy atom. The van der Waals surface area contributed by atoms with Crippen LogP contribution in [0.4, 0.5) is 0 Å². The zero-order chi connectivity index (χ0) is 16.3. The molecule has 0 fully saturated rings. The molecule has 23 heavy (non-hydrogen) atoms.